The molecule has 0 atom stereocenters. The van der Waals surface area contributed by atoms with Crippen LogP contribution in [-0.2, 0) is 0 Å². The van der Waals surface area contributed by atoms with E-state index in [-0.39, 0.29) is 0 Å². The van der Waals surface area contributed by atoms with Crippen molar-refractivity contribution in [3.05, 3.63) is 90.6 Å². The number of nitrogens with zero attached hydrogens (tertiary/aromatic N) is 3. The lowest BCUT2D eigenvalue weighted by Crippen LogP contribution is -1.97. The molecule has 28 heavy (non-hydrogen) atoms. The first-order valence-electron chi connectivity index (χ1n) is 9.17. The first kappa shape index (κ1) is 15.5. The molecule has 0 aliphatic carbocycles. The molecule has 0 N–H and O–H groups in total. The smallest absolute Gasteiger partial charge is 0.159 e. The molecule has 0 saturated heterocycles. The highest BCUT2D eigenvalue weighted by Gasteiger charge is 2.15. The zero-order valence-electron chi connectivity index (χ0n) is 14.9. The third kappa shape index (κ3) is 2.22. The van der Waals surface area contributed by atoms with Gasteiger partial charge in [-0.2, -0.15) is 0 Å². The molecular weight excluding hydrogens is 362 g/mol. The van der Waals surface area contributed by atoms with Gasteiger partial charge in [0.1, 0.15) is 0 Å². The number of aromatic nitrogens is 3. The highest BCUT2D eigenvalue weighted by molar-refractivity contribution is 7.18. The van der Waals surface area contributed by atoms with Crippen molar-refractivity contribution in [2.45, 2.75) is 0 Å². The van der Waals surface area contributed by atoms with Gasteiger partial charge in [-0.15, -0.1) is 11.3 Å². The molecule has 3 nitrogen and oxygen atoms in total. The molecule has 0 saturated carbocycles. The summed E-state index contributed by atoms with van der Waals surface area (Å²) in [4.78, 5) is 9.32. The van der Waals surface area contributed by atoms with Crippen LogP contribution in [-0.4, -0.2) is 14.5 Å². The fourth-order valence-electron chi connectivity index (χ4n) is 3.91. The molecule has 3 heterocycles. The Bertz CT molecular complexity index is 1440. The highest BCUT2D eigenvalue weighted by Crippen LogP contribution is 2.38. The average Bonchev–Trinajstić information content (AvgIpc) is 3.37. The molecule has 4 heteroatoms. The first-order valence-corrected chi connectivity index (χ1v) is 10.1. The Morgan fingerprint density at radius 3 is 2.36 bits per heavy atom. The summed E-state index contributed by atoms with van der Waals surface area (Å²) in [5.41, 5.74) is 4.41. The van der Waals surface area contributed by atoms with Crippen LogP contribution in [0.25, 0.3) is 49.0 Å². The van der Waals surface area contributed by atoms with Gasteiger partial charge in [0.15, 0.2) is 5.82 Å². The summed E-state index contributed by atoms with van der Waals surface area (Å²) in [7, 11) is 0. The third-order valence-electron chi connectivity index (χ3n) is 5.18. The predicted molar refractivity (Wildman–Crippen MR) is 117 cm³/mol. The molecule has 0 spiro atoms. The second-order valence-corrected chi connectivity index (χ2v) is 7.70. The maximum absolute atomic E-state index is 4.66. The van der Waals surface area contributed by atoms with Gasteiger partial charge in [0.25, 0.3) is 0 Å². The quantitative estimate of drug-likeness (QED) is 0.347. The van der Waals surface area contributed by atoms with E-state index in [9.17, 15) is 0 Å². The molecule has 3 aromatic carbocycles. The number of fused-ring (bicyclic) bond motifs is 5. The Morgan fingerprint density at radius 2 is 1.50 bits per heavy atom. The van der Waals surface area contributed by atoms with Crippen LogP contribution in [0.1, 0.15) is 0 Å². The van der Waals surface area contributed by atoms with E-state index in [1.165, 1.54) is 31.9 Å². The zero-order valence-corrected chi connectivity index (χ0v) is 15.7. The van der Waals surface area contributed by atoms with Gasteiger partial charge >= 0.3 is 0 Å². The molecule has 0 aliphatic rings. The largest absolute Gasteiger partial charge is 0.305 e. The molecular formula is C24H15N3S. The van der Waals surface area contributed by atoms with E-state index in [0.717, 1.165) is 17.1 Å². The lowest BCUT2D eigenvalue weighted by atomic mass is 10.1. The SMILES string of the molecule is c1ccc(-c2ncc(-n3c4ccccc4c4ccc5ccsc5c43)cn2)cc1. The van der Waals surface area contributed by atoms with Crippen molar-refractivity contribution in [3.8, 4) is 17.1 Å². The van der Waals surface area contributed by atoms with Gasteiger partial charge in [-0.3, -0.25) is 0 Å². The minimum absolute atomic E-state index is 0.742. The molecule has 0 radical (unpaired) electrons. The van der Waals surface area contributed by atoms with Crippen molar-refractivity contribution in [1.29, 1.82) is 0 Å². The summed E-state index contributed by atoms with van der Waals surface area (Å²) in [6.07, 6.45) is 3.85. The van der Waals surface area contributed by atoms with E-state index in [1.807, 2.05) is 42.7 Å². The normalized spacial score (nSPS) is 11.6. The molecule has 132 valence electrons. The van der Waals surface area contributed by atoms with Crippen LogP contribution in [0.3, 0.4) is 0 Å². The van der Waals surface area contributed by atoms with Crippen molar-refractivity contribution < 1.29 is 0 Å². The maximum atomic E-state index is 4.66. The van der Waals surface area contributed by atoms with Crippen LogP contribution >= 0.6 is 11.3 Å². The Morgan fingerprint density at radius 1 is 0.714 bits per heavy atom. The first-order chi connectivity index (χ1) is 13.9. The zero-order chi connectivity index (χ0) is 18.5. The lowest BCUT2D eigenvalue weighted by molar-refractivity contribution is 1.08. The van der Waals surface area contributed by atoms with Gasteiger partial charge in [0, 0.05) is 16.3 Å². The van der Waals surface area contributed by atoms with E-state index in [1.54, 1.807) is 11.3 Å². The Hall–Kier alpha value is -3.50. The summed E-state index contributed by atoms with van der Waals surface area (Å²) in [6, 6.07) is 25.2. The molecule has 0 amide bonds. The van der Waals surface area contributed by atoms with Crippen molar-refractivity contribution in [1.82, 2.24) is 14.5 Å². The van der Waals surface area contributed by atoms with Gasteiger partial charge in [-0.25, -0.2) is 9.97 Å². The summed E-state index contributed by atoms with van der Waals surface area (Å²) < 4.78 is 3.58. The number of benzene rings is 3. The van der Waals surface area contributed by atoms with Gasteiger partial charge in [0.05, 0.1) is 33.8 Å². The summed E-state index contributed by atoms with van der Waals surface area (Å²) in [6.45, 7) is 0. The minimum Gasteiger partial charge on any atom is -0.305 e. The fourth-order valence-corrected chi connectivity index (χ4v) is 4.85. The summed E-state index contributed by atoms with van der Waals surface area (Å²) in [5, 5.41) is 5.93. The number of para-hydroxylation sites is 1. The third-order valence-corrected chi connectivity index (χ3v) is 6.12. The monoisotopic (exact) mass is 377 g/mol. The number of hydrogen-bond donors (Lipinski definition) is 0. The van der Waals surface area contributed by atoms with Gasteiger partial charge in [0.2, 0.25) is 0 Å². The predicted octanol–water partition coefficient (Wildman–Crippen LogP) is 6.46. The van der Waals surface area contributed by atoms with Crippen LogP contribution in [0.15, 0.2) is 90.6 Å². The van der Waals surface area contributed by atoms with Crippen molar-refractivity contribution in [2.24, 2.45) is 0 Å². The second-order valence-electron chi connectivity index (χ2n) is 6.78. The van der Waals surface area contributed by atoms with Crippen LogP contribution in [0.4, 0.5) is 0 Å². The van der Waals surface area contributed by atoms with Crippen molar-refractivity contribution in [3.63, 3.8) is 0 Å². The van der Waals surface area contributed by atoms with Crippen LogP contribution in [0, 0.1) is 0 Å². The van der Waals surface area contributed by atoms with Gasteiger partial charge < -0.3 is 4.57 Å². The molecule has 0 bridgehead atoms. The number of thiophene rings is 1. The van der Waals surface area contributed by atoms with Crippen LogP contribution in [0.5, 0.6) is 0 Å². The minimum atomic E-state index is 0.742. The van der Waals surface area contributed by atoms with E-state index >= 15 is 0 Å². The molecule has 6 aromatic rings. The maximum Gasteiger partial charge on any atom is 0.159 e. The average molecular weight is 377 g/mol. The van der Waals surface area contributed by atoms with Crippen molar-refractivity contribution in [2.75, 3.05) is 0 Å². The second kappa shape index (κ2) is 6.01. The Labute approximate surface area is 165 Å². The number of hydrogen-bond acceptors (Lipinski definition) is 3. The molecule has 0 fully saturated rings. The summed E-state index contributed by atoms with van der Waals surface area (Å²) in [5.74, 6) is 0.742. The Balaban J connectivity index is 1.66. The Kier molecular flexibility index (Phi) is 3.34. The summed E-state index contributed by atoms with van der Waals surface area (Å²) >= 11 is 1.78. The van der Waals surface area contributed by atoms with E-state index in [2.05, 4.69) is 62.4 Å². The molecule has 3 aromatic heterocycles. The van der Waals surface area contributed by atoms with Crippen LogP contribution in [0.2, 0.25) is 0 Å². The fraction of sp³-hybridized carbons (Fsp3) is 0. The lowest BCUT2D eigenvalue weighted by Gasteiger charge is -2.08. The molecule has 0 unspecified atom stereocenters. The van der Waals surface area contributed by atoms with E-state index in [0.29, 0.717) is 0 Å². The van der Waals surface area contributed by atoms with Crippen molar-refractivity contribution >= 4 is 43.2 Å². The highest BCUT2D eigenvalue weighted by atomic mass is 32.1. The van der Waals surface area contributed by atoms with Crippen LogP contribution < -0.4 is 0 Å². The number of rotatable bonds is 2. The topological polar surface area (TPSA) is 30.7 Å². The molecule has 6 rings (SSSR count). The van der Waals surface area contributed by atoms with E-state index in [4.69, 9.17) is 0 Å². The van der Waals surface area contributed by atoms with Gasteiger partial charge in [-0.1, -0.05) is 60.7 Å². The van der Waals surface area contributed by atoms with Gasteiger partial charge in [-0.05, 0) is 22.9 Å². The molecule has 0 aliphatic heterocycles. The van der Waals surface area contributed by atoms with E-state index < -0.39 is 0 Å². The standard InChI is InChI=1S/C24H15N3S/c1-2-6-17(7-3-1)24-25-14-18(15-26-24)27-21-9-5-4-8-19(21)20-11-10-16-12-13-28-23(16)22(20)27/h1-15H.